The second kappa shape index (κ2) is 5.03. The molecule has 1 aliphatic carbocycles. The van der Waals surface area contributed by atoms with Gasteiger partial charge in [-0.1, -0.05) is 12.2 Å². The summed E-state index contributed by atoms with van der Waals surface area (Å²) < 4.78 is 0. The lowest BCUT2D eigenvalue weighted by atomic mass is 9.93. The molecule has 80 valence electrons. The van der Waals surface area contributed by atoms with Crippen molar-refractivity contribution in [2.24, 2.45) is 0 Å². The van der Waals surface area contributed by atoms with Crippen LogP contribution in [0.3, 0.4) is 0 Å². The van der Waals surface area contributed by atoms with E-state index in [2.05, 4.69) is 11.9 Å². The first-order valence-electron chi connectivity index (χ1n) is 5.33. The van der Waals surface area contributed by atoms with E-state index in [1.807, 2.05) is 13.8 Å². The third-order valence-electron chi connectivity index (χ3n) is 2.56. The van der Waals surface area contributed by atoms with Crippen LogP contribution in [-0.2, 0) is 0 Å². The molecular formula is C11H20N2O. The summed E-state index contributed by atoms with van der Waals surface area (Å²) in [4.78, 5) is 13.5. The zero-order valence-electron chi connectivity index (χ0n) is 9.18. The maximum atomic E-state index is 11.7. The van der Waals surface area contributed by atoms with Gasteiger partial charge in [0.15, 0.2) is 0 Å². The average Bonchev–Trinajstić information content (AvgIpc) is 2.06. The minimum Gasteiger partial charge on any atom is -0.335 e. The summed E-state index contributed by atoms with van der Waals surface area (Å²) in [5.41, 5.74) is 1.02. The Morgan fingerprint density at radius 1 is 1.57 bits per heavy atom. The molecule has 3 nitrogen and oxygen atoms in total. The number of carbonyl (C=O) groups excluding carboxylic acids is 1. The molecule has 0 aromatic carbocycles. The molecular weight excluding hydrogens is 176 g/mol. The summed E-state index contributed by atoms with van der Waals surface area (Å²) in [6.07, 6.45) is 3.52. The van der Waals surface area contributed by atoms with Gasteiger partial charge in [-0.3, -0.25) is 0 Å². The molecule has 0 aromatic heterocycles. The standard InChI is InChI=1S/C11H20N2O/c1-4-13(8-9(2)3)11(14)12-10-6-5-7-10/h10H,2,4-8H2,1,3H3,(H,12,14). The van der Waals surface area contributed by atoms with Crippen LogP contribution in [0.2, 0.25) is 0 Å². The Kier molecular flexibility index (Phi) is 3.98. The number of rotatable bonds is 4. The highest BCUT2D eigenvalue weighted by Gasteiger charge is 2.21. The number of nitrogens with zero attached hydrogens (tertiary/aromatic N) is 1. The van der Waals surface area contributed by atoms with Gasteiger partial charge in [-0.05, 0) is 33.1 Å². The van der Waals surface area contributed by atoms with E-state index >= 15 is 0 Å². The second-order valence-corrected chi connectivity index (χ2v) is 4.05. The van der Waals surface area contributed by atoms with E-state index in [9.17, 15) is 4.79 Å². The van der Waals surface area contributed by atoms with Crippen molar-refractivity contribution < 1.29 is 4.79 Å². The second-order valence-electron chi connectivity index (χ2n) is 4.05. The van der Waals surface area contributed by atoms with Crippen molar-refractivity contribution in [2.75, 3.05) is 13.1 Å². The largest absolute Gasteiger partial charge is 0.335 e. The van der Waals surface area contributed by atoms with Gasteiger partial charge in [0.1, 0.15) is 0 Å². The van der Waals surface area contributed by atoms with Crippen molar-refractivity contribution in [2.45, 2.75) is 39.2 Å². The molecule has 0 unspecified atom stereocenters. The molecule has 1 fully saturated rings. The zero-order valence-corrected chi connectivity index (χ0v) is 9.18. The molecule has 14 heavy (non-hydrogen) atoms. The Morgan fingerprint density at radius 3 is 2.57 bits per heavy atom. The monoisotopic (exact) mass is 196 g/mol. The van der Waals surface area contributed by atoms with Crippen LogP contribution >= 0.6 is 0 Å². The van der Waals surface area contributed by atoms with Crippen molar-refractivity contribution in [3.63, 3.8) is 0 Å². The molecule has 0 heterocycles. The van der Waals surface area contributed by atoms with E-state index < -0.39 is 0 Å². The molecule has 1 saturated carbocycles. The molecule has 0 spiro atoms. The summed E-state index contributed by atoms with van der Waals surface area (Å²) in [6.45, 7) is 9.15. The Bertz CT molecular complexity index is 221. The molecule has 1 N–H and O–H groups in total. The first kappa shape index (κ1) is 11.1. The fourth-order valence-corrected chi connectivity index (χ4v) is 1.47. The smallest absolute Gasteiger partial charge is 0.317 e. The maximum absolute atomic E-state index is 11.7. The summed E-state index contributed by atoms with van der Waals surface area (Å²) in [7, 11) is 0. The zero-order chi connectivity index (χ0) is 10.6. The maximum Gasteiger partial charge on any atom is 0.317 e. The van der Waals surface area contributed by atoms with E-state index in [-0.39, 0.29) is 6.03 Å². The number of urea groups is 1. The Morgan fingerprint density at radius 2 is 2.21 bits per heavy atom. The Balaban J connectivity index is 2.34. The molecule has 0 saturated heterocycles. The lowest BCUT2D eigenvalue weighted by molar-refractivity contribution is 0.193. The van der Waals surface area contributed by atoms with Crippen LogP contribution in [0.1, 0.15) is 33.1 Å². The van der Waals surface area contributed by atoms with Crippen LogP contribution in [0.5, 0.6) is 0 Å². The fourth-order valence-electron chi connectivity index (χ4n) is 1.47. The van der Waals surface area contributed by atoms with Crippen LogP contribution in [0.25, 0.3) is 0 Å². The van der Waals surface area contributed by atoms with E-state index in [0.29, 0.717) is 12.6 Å². The minimum atomic E-state index is 0.0557. The van der Waals surface area contributed by atoms with Crippen molar-refractivity contribution in [3.8, 4) is 0 Å². The molecule has 3 heteroatoms. The summed E-state index contributed by atoms with van der Waals surface area (Å²) in [5, 5.41) is 3.02. The highest BCUT2D eigenvalue weighted by molar-refractivity contribution is 5.74. The van der Waals surface area contributed by atoms with Crippen LogP contribution in [0.4, 0.5) is 4.79 Å². The summed E-state index contributed by atoms with van der Waals surface area (Å²) in [6, 6.07) is 0.474. The fraction of sp³-hybridized carbons (Fsp3) is 0.727. The highest BCUT2D eigenvalue weighted by atomic mass is 16.2. The number of likely N-dealkylation sites (N-methyl/N-ethyl adjacent to an activating group) is 1. The van der Waals surface area contributed by atoms with Gasteiger partial charge < -0.3 is 10.2 Å². The Hall–Kier alpha value is -0.990. The van der Waals surface area contributed by atoms with E-state index in [0.717, 1.165) is 25.0 Å². The van der Waals surface area contributed by atoms with Gasteiger partial charge in [0.25, 0.3) is 0 Å². The molecule has 0 atom stereocenters. The lowest BCUT2D eigenvalue weighted by Crippen LogP contribution is -2.47. The number of hydrogen-bond donors (Lipinski definition) is 1. The normalized spacial score (nSPS) is 15.9. The Labute approximate surface area is 86.2 Å². The van der Waals surface area contributed by atoms with Crippen molar-refractivity contribution >= 4 is 6.03 Å². The van der Waals surface area contributed by atoms with Crippen molar-refractivity contribution in [1.29, 1.82) is 0 Å². The van der Waals surface area contributed by atoms with Gasteiger partial charge in [-0.2, -0.15) is 0 Å². The first-order chi connectivity index (χ1) is 6.63. The summed E-state index contributed by atoms with van der Waals surface area (Å²) >= 11 is 0. The quantitative estimate of drug-likeness (QED) is 0.686. The summed E-state index contributed by atoms with van der Waals surface area (Å²) in [5.74, 6) is 0. The highest BCUT2D eigenvalue weighted by Crippen LogP contribution is 2.18. The van der Waals surface area contributed by atoms with Gasteiger partial charge in [-0.15, -0.1) is 0 Å². The molecule has 0 radical (unpaired) electrons. The number of hydrogen-bond acceptors (Lipinski definition) is 1. The third kappa shape index (κ3) is 3.05. The molecule has 1 rings (SSSR count). The molecule has 2 amide bonds. The number of amides is 2. The lowest BCUT2D eigenvalue weighted by Gasteiger charge is -2.30. The van der Waals surface area contributed by atoms with Gasteiger partial charge in [0.05, 0.1) is 0 Å². The van der Waals surface area contributed by atoms with E-state index in [1.165, 1.54) is 6.42 Å². The first-order valence-corrected chi connectivity index (χ1v) is 5.33. The third-order valence-corrected chi connectivity index (χ3v) is 2.56. The predicted octanol–water partition coefficient (Wildman–Crippen LogP) is 2.15. The van der Waals surface area contributed by atoms with Crippen molar-refractivity contribution in [3.05, 3.63) is 12.2 Å². The average molecular weight is 196 g/mol. The SMILES string of the molecule is C=C(C)CN(CC)C(=O)NC1CCC1. The topological polar surface area (TPSA) is 32.3 Å². The van der Waals surface area contributed by atoms with E-state index in [4.69, 9.17) is 0 Å². The molecule has 0 aliphatic heterocycles. The number of carbonyl (C=O) groups is 1. The van der Waals surface area contributed by atoms with Crippen LogP contribution in [-0.4, -0.2) is 30.1 Å². The van der Waals surface area contributed by atoms with Gasteiger partial charge in [0.2, 0.25) is 0 Å². The van der Waals surface area contributed by atoms with Gasteiger partial charge >= 0.3 is 6.03 Å². The van der Waals surface area contributed by atoms with Crippen LogP contribution in [0.15, 0.2) is 12.2 Å². The molecule has 0 bridgehead atoms. The number of nitrogens with one attached hydrogen (secondary N) is 1. The predicted molar refractivity (Wildman–Crippen MR) is 58.2 cm³/mol. The van der Waals surface area contributed by atoms with Crippen LogP contribution in [0, 0.1) is 0 Å². The van der Waals surface area contributed by atoms with Crippen LogP contribution < -0.4 is 5.32 Å². The minimum absolute atomic E-state index is 0.0557. The molecule has 0 aromatic rings. The van der Waals surface area contributed by atoms with E-state index in [1.54, 1.807) is 4.90 Å². The molecule has 1 aliphatic rings. The van der Waals surface area contributed by atoms with Gasteiger partial charge in [-0.25, -0.2) is 4.79 Å². The van der Waals surface area contributed by atoms with Crippen molar-refractivity contribution in [1.82, 2.24) is 10.2 Å². The van der Waals surface area contributed by atoms with Gasteiger partial charge in [0, 0.05) is 19.1 Å².